The molecule has 4 aromatic rings. The summed E-state index contributed by atoms with van der Waals surface area (Å²) in [5.74, 6) is 1.17. The number of rotatable bonds is 6. The van der Waals surface area contributed by atoms with Crippen molar-refractivity contribution >= 4 is 41.2 Å². The number of anilines is 2. The van der Waals surface area contributed by atoms with Gasteiger partial charge < -0.3 is 10.1 Å². The van der Waals surface area contributed by atoms with E-state index in [-0.39, 0.29) is 17.9 Å². The van der Waals surface area contributed by atoms with Crippen LogP contribution in [0, 0.1) is 0 Å². The van der Waals surface area contributed by atoms with Gasteiger partial charge in [-0.2, -0.15) is 4.98 Å². The Labute approximate surface area is 207 Å². The summed E-state index contributed by atoms with van der Waals surface area (Å²) in [7, 11) is 1.63. The number of amides is 1. The molecule has 1 aliphatic rings. The van der Waals surface area contributed by atoms with Crippen molar-refractivity contribution in [1.29, 1.82) is 0 Å². The number of hydrogen-bond acceptors (Lipinski definition) is 5. The summed E-state index contributed by atoms with van der Waals surface area (Å²) in [5.41, 5.74) is 3.74. The van der Waals surface area contributed by atoms with Gasteiger partial charge >= 0.3 is 0 Å². The third-order valence-electron chi connectivity index (χ3n) is 5.54. The van der Waals surface area contributed by atoms with E-state index in [1.54, 1.807) is 17.9 Å². The molecule has 1 unspecified atom stereocenters. The van der Waals surface area contributed by atoms with Crippen molar-refractivity contribution < 1.29 is 9.53 Å². The molecule has 2 N–H and O–H groups in total. The molecular formula is C27H22ClN5O2. The zero-order chi connectivity index (χ0) is 24.2. The van der Waals surface area contributed by atoms with Crippen LogP contribution in [0.15, 0.2) is 91.0 Å². The second kappa shape index (κ2) is 9.87. The molecule has 1 aromatic heterocycles. The Morgan fingerprint density at radius 2 is 1.80 bits per heavy atom. The summed E-state index contributed by atoms with van der Waals surface area (Å²) in [4.78, 5) is 17.0. The summed E-state index contributed by atoms with van der Waals surface area (Å²) in [6.45, 7) is 0. The van der Waals surface area contributed by atoms with Crippen LogP contribution in [0.1, 0.15) is 22.7 Å². The van der Waals surface area contributed by atoms with Crippen molar-refractivity contribution in [3.05, 3.63) is 113 Å². The first-order valence-electron chi connectivity index (χ1n) is 11.0. The first-order valence-corrected chi connectivity index (χ1v) is 11.4. The lowest BCUT2D eigenvalue weighted by molar-refractivity contribution is -0.111. The Balaban J connectivity index is 1.44. The number of hydrogen-bond donors (Lipinski definition) is 2. The summed E-state index contributed by atoms with van der Waals surface area (Å²) in [6.07, 6.45) is 5.26. The average molecular weight is 484 g/mol. The minimum absolute atomic E-state index is 0.208. The lowest BCUT2D eigenvalue weighted by Crippen LogP contribution is -2.20. The predicted octanol–water partition coefficient (Wildman–Crippen LogP) is 5.65. The van der Waals surface area contributed by atoms with E-state index in [1.807, 2.05) is 78.9 Å². The molecule has 3 aromatic carbocycles. The van der Waals surface area contributed by atoms with Gasteiger partial charge in [0.05, 0.1) is 7.11 Å². The summed E-state index contributed by atoms with van der Waals surface area (Å²) >= 11 is 6.08. The molecule has 5 rings (SSSR count). The van der Waals surface area contributed by atoms with Crippen LogP contribution in [0.4, 0.5) is 11.9 Å². The first kappa shape index (κ1) is 22.4. The third-order valence-corrected chi connectivity index (χ3v) is 5.79. The van der Waals surface area contributed by atoms with E-state index in [2.05, 4.69) is 26.8 Å². The highest BCUT2D eigenvalue weighted by atomic mass is 35.5. The van der Waals surface area contributed by atoms with Crippen LogP contribution in [0.3, 0.4) is 0 Å². The van der Waals surface area contributed by atoms with Gasteiger partial charge in [0.2, 0.25) is 5.95 Å². The summed E-state index contributed by atoms with van der Waals surface area (Å²) in [5, 5.41) is 11.3. The molecule has 0 saturated heterocycles. The molecule has 0 fully saturated rings. The van der Waals surface area contributed by atoms with Crippen molar-refractivity contribution in [3.63, 3.8) is 0 Å². The number of carbonyl (C=O) groups is 1. The monoisotopic (exact) mass is 483 g/mol. The molecule has 0 radical (unpaired) electrons. The van der Waals surface area contributed by atoms with E-state index in [1.165, 1.54) is 6.08 Å². The summed E-state index contributed by atoms with van der Waals surface area (Å²) < 4.78 is 7.05. The van der Waals surface area contributed by atoms with Crippen LogP contribution in [-0.4, -0.2) is 27.8 Å². The van der Waals surface area contributed by atoms with Gasteiger partial charge in [-0.3, -0.25) is 10.1 Å². The van der Waals surface area contributed by atoms with Crippen molar-refractivity contribution in [3.8, 4) is 5.75 Å². The molecule has 0 aliphatic carbocycles. The highest BCUT2D eigenvalue weighted by molar-refractivity contribution is 6.30. The minimum Gasteiger partial charge on any atom is -0.497 e. The largest absolute Gasteiger partial charge is 0.497 e. The lowest BCUT2D eigenvalue weighted by atomic mass is 10.0. The zero-order valence-corrected chi connectivity index (χ0v) is 19.6. The van der Waals surface area contributed by atoms with E-state index in [0.29, 0.717) is 11.0 Å². The Morgan fingerprint density at radius 3 is 2.51 bits per heavy atom. The average Bonchev–Trinajstić information content (AvgIpc) is 3.30. The minimum atomic E-state index is -0.316. The van der Waals surface area contributed by atoms with Crippen molar-refractivity contribution in [2.75, 3.05) is 17.7 Å². The quantitative estimate of drug-likeness (QED) is 0.346. The number of nitrogens with one attached hydrogen (secondary N) is 2. The number of methoxy groups -OCH3 is 1. The highest BCUT2D eigenvalue weighted by Gasteiger charge is 2.25. The Kier molecular flexibility index (Phi) is 6.32. The van der Waals surface area contributed by atoms with Crippen LogP contribution in [0.2, 0.25) is 5.02 Å². The number of nitrogens with zero attached hydrogens (tertiary/aromatic N) is 3. The normalized spacial score (nSPS) is 14.7. The predicted molar refractivity (Wildman–Crippen MR) is 138 cm³/mol. The number of benzene rings is 3. The molecule has 7 nitrogen and oxygen atoms in total. The van der Waals surface area contributed by atoms with E-state index < -0.39 is 0 Å². The Hall–Kier alpha value is -4.36. The van der Waals surface area contributed by atoms with E-state index in [0.717, 1.165) is 28.1 Å². The molecule has 174 valence electrons. The van der Waals surface area contributed by atoms with Gasteiger partial charge in [0.25, 0.3) is 11.9 Å². The number of carbonyl (C=O) groups excluding carboxylic acids is 1. The Morgan fingerprint density at radius 1 is 1.06 bits per heavy atom. The molecular weight excluding hydrogens is 462 g/mol. The molecule has 1 amide bonds. The third kappa shape index (κ3) is 5.10. The lowest BCUT2D eigenvalue weighted by Gasteiger charge is -2.24. The molecule has 0 spiro atoms. The molecule has 0 bridgehead atoms. The van der Waals surface area contributed by atoms with E-state index >= 15 is 0 Å². The highest BCUT2D eigenvalue weighted by Crippen LogP contribution is 2.34. The molecule has 35 heavy (non-hydrogen) atoms. The molecule has 1 aliphatic heterocycles. The van der Waals surface area contributed by atoms with Crippen LogP contribution in [0.25, 0.3) is 11.8 Å². The SMILES string of the molecule is COc1ccc(C2C=C(c3ccc(Cl)cc3)Nc3nc(NC(=O)/C=C/c4ccccc4)nn32)cc1. The maximum absolute atomic E-state index is 12.5. The van der Waals surface area contributed by atoms with Crippen molar-refractivity contribution in [2.45, 2.75) is 6.04 Å². The van der Waals surface area contributed by atoms with Gasteiger partial charge in [-0.15, -0.1) is 5.10 Å². The van der Waals surface area contributed by atoms with E-state index in [4.69, 9.17) is 16.3 Å². The van der Waals surface area contributed by atoms with Crippen LogP contribution in [0.5, 0.6) is 5.75 Å². The van der Waals surface area contributed by atoms with Crippen molar-refractivity contribution in [1.82, 2.24) is 14.8 Å². The van der Waals surface area contributed by atoms with Gasteiger partial charge in [0.1, 0.15) is 11.8 Å². The van der Waals surface area contributed by atoms with Gasteiger partial charge in [0, 0.05) is 16.8 Å². The maximum atomic E-state index is 12.5. The standard InChI is InChI=1S/C27H22ClN5O2/c1-35-22-14-10-20(11-15-22)24-17-23(19-8-12-21(28)13-9-19)29-27-31-26(32-33(24)27)30-25(34)16-7-18-5-3-2-4-6-18/h2-17,24H,1H3,(H2,29,30,31,32,34)/b16-7+. The van der Waals surface area contributed by atoms with Crippen LogP contribution < -0.4 is 15.4 Å². The number of aromatic nitrogens is 3. The number of fused-ring (bicyclic) bond motifs is 1. The second-order valence-corrected chi connectivity index (χ2v) is 8.30. The number of allylic oxidation sites excluding steroid dienone is 1. The molecule has 8 heteroatoms. The Bertz CT molecular complexity index is 1390. The molecule has 1 atom stereocenters. The molecule has 2 heterocycles. The maximum Gasteiger partial charge on any atom is 0.250 e. The number of ether oxygens (including phenoxy) is 1. The van der Waals surface area contributed by atoms with Crippen molar-refractivity contribution in [2.24, 2.45) is 0 Å². The van der Waals surface area contributed by atoms with Crippen LogP contribution >= 0.6 is 11.6 Å². The fourth-order valence-electron chi connectivity index (χ4n) is 3.77. The molecule has 0 saturated carbocycles. The van der Waals surface area contributed by atoms with Gasteiger partial charge in [-0.25, -0.2) is 4.68 Å². The fourth-order valence-corrected chi connectivity index (χ4v) is 3.90. The topological polar surface area (TPSA) is 81.1 Å². The summed E-state index contributed by atoms with van der Waals surface area (Å²) in [6, 6.07) is 24.7. The smallest absolute Gasteiger partial charge is 0.250 e. The fraction of sp³-hybridized carbons (Fsp3) is 0.0741. The van der Waals surface area contributed by atoms with Gasteiger partial charge in [-0.1, -0.05) is 66.2 Å². The van der Waals surface area contributed by atoms with Gasteiger partial charge in [-0.05, 0) is 53.1 Å². The first-order chi connectivity index (χ1) is 17.1. The second-order valence-electron chi connectivity index (χ2n) is 7.87. The van der Waals surface area contributed by atoms with E-state index in [9.17, 15) is 4.79 Å². The number of halogens is 1. The van der Waals surface area contributed by atoms with Crippen LogP contribution in [-0.2, 0) is 4.79 Å². The van der Waals surface area contributed by atoms with Gasteiger partial charge in [0.15, 0.2) is 0 Å². The zero-order valence-electron chi connectivity index (χ0n) is 18.9.